The third-order valence-corrected chi connectivity index (χ3v) is 4.61. The lowest BCUT2D eigenvalue weighted by molar-refractivity contribution is 0.858. The maximum atomic E-state index is 2.34. The molecule has 0 radical (unpaired) electrons. The van der Waals surface area contributed by atoms with Gasteiger partial charge in [0.15, 0.2) is 0 Å². The summed E-state index contributed by atoms with van der Waals surface area (Å²) in [5.74, 6) is 4.56. The maximum absolute atomic E-state index is 2.34. The monoisotopic (exact) mass is 279 g/mol. The molecule has 0 unspecified atom stereocenters. The quantitative estimate of drug-likeness (QED) is 0.451. The first-order valence-corrected chi connectivity index (χ1v) is 7.66. The summed E-state index contributed by atoms with van der Waals surface area (Å²) in [5.41, 5.74) is 0. The average Bonchev–Trinajstić information content (AvgIpc) is 2.58. The Kier molecular flexibility index (Phi) is 2.36. The Balaban J connectivity index is 1.91. The summed E-state index contributed by atoms with van der Waals surface area (Å²) in [5, 5.41) is 7.87. The number of fused-ring (bicyclic) bond motifs is 5. The smallest absolute Gasteiger partial charge is 0.312 e. The SMILES string of the molecule is C1=CB2C=c3ccc4cc5ccccc5cc4c3=CN2C=C1. The molecule has 0 N–H and O–H groups in total. The first-order chi connectivity index (χ1) is 10.9. The van der Waals surface area contributed by atoms with Gasteiger partial charge in [0, 0.05) is 5.22 Å². The molecule has 102 valence electrons. The highest BCUT2D eigenvalue weighted by Gasteiger charge is 2.18. The van der Waals surface area contributed by atoms with Gasteiger partial charge in [0.1, 0.15) is 0 Å². The molecule has 2 aliphatic rings. The molecular weight excluding hydrogens is 265 g/mol. The van der Waals surface area contributed by atoms with Crippen molar-refractivity contribution in [1.82, 2.24) is 4.81 Å². The molecule has 0 aliphatic carbocycles. The van der Waals surface area contributed by atoms with Crippen molar-refractivity contribution < 1.29 is 0 Å². The standard InChI is InChI=1S/C20H14BN/c1-2-6-16-12-19-17(11-15(16)5-1)7-8-18-13-21-9-3-4-10-22(21)14-20(18)19/h1-14H. The Labute approximate surface area is 129 Å². The summed E-state index contributed by atoms with van der Waals surface area (Å²) < 4.78 is 0. The number of allylic oxidation sites excluding steroid dienone is 2. The van der Waals surface area contributed by atoms with Gasteiger partial charge in [-0.15, -0.1) is 0 Å². The molecule has 3 aromatic carbocycles. The lowest BCUT2D eigenvalue weighted by Gasteiger charge is -2.25. The van der Waals surface area contributed by atoms with Crippen molar-refractivity contribution in [3.05, 3.63) is 83.3 Å². The Morgan fingerprint density at radius 3 is 2.59 bits per heavy atom. The van der Waals surface area contributed by atoms with Gasteiger partial charge in [-0.05, 0) is 57.4 Å². The van der Waals surface area contributed by atoms with Crippen molar-refractivity contribution >= 4 is 40.6 Å². The summed E-state index contributed by atoms with van der Waals surface area (Å²) in [6.07, 6.45) is 8.62. The van der Waals surface area contributed by atoms with Gasteiger partial charge in [-0.3, -0.25) is 0 Å². The molecule has 3 aromatic rings. The van der Waals surface area contributed by atoms with Crippen LogP contribution in [-0.4, -0.2) is 11.7 Å². The number of hydrogen-bond donors (Lipinski definition) is 0. The van der Waals surface area contributed by atoms with E-state index in [0.29, 0.717) is 6.85 Å². The van der Waals surface area contributed by atoms with Crippen LogP contribution >= 0.6 is 0 Å². The minimum absolute atomic E-state index is 0.343. The zero-order valence-corrected chi connectivity index (χ0v) is 12.1. The van der Waals surface area contributed by atoms with Gasteiger partial charge in [-0.2, -0.15) is 0 Å². The minimum Gasteiger partial charge on any atom is -0.389 e. The zero-order chi connectivity index (χ0) is 14.5. The van der Waals surface area contributed by atoms with Crippen LogP contribution < -0.4 is 10.4 Å². The van der Waals surface area contributed by atoms with Crippen LogP contribution in [0.5, 0.6) is 0 Å². The van der Waals surface area contributed by atoms with Crippen molar-refractivity contribution in [2.24, 2.45) is 0 Å². The topological polar surface area (TPSA) is 3.24 Å². The van der Waals surface area contributed by atoms with Gasteiger partial charge >= 0.3 is 6.85 Å². The average molecular weight is 279 g/mol. The highest BCUT2D eigenvalue weighted by Crippen LogP contribution is 2.20. The van der Waals surface area contributed by atoms with E-state index in [1.165, 1.54) is 32.0 Å². The predicted octanol–water partition coefficient (Wildman–Crippen LogP) is 2.98. The molecule has 1 nitrogen and oxygen atoms in total. The second-order valence-electron chi connectivity index (χ2n) is 5.95. The molecule has 5 rings (SSSR count). The number of hydrogen-bond acceptors (Lipinski definition) is 1. The van der Waals surface area contributed by atoms with E-state index in [0.717, 1.165) is 0 Å². The number of nitrogens with zero attached hydrogens (tertiary/aromatic N) is 1. The molecule has 0 saturated carbocycles. The van der Waals surface area contributed by atoms with Crippen molar-refractivity contribution in [3.63, 3.8) is 0 Å². The molecule has 0 amide bonds. The van der Waals surface area contributed by atoms with Crippen LogP contribution in [0.2, 0.25) is 0 Å². The van der Waals surface area contributed by atoms with E-state index in [4.69, 9.17) is 0 Å². The van der Waals surface area contributed by atoms with Crippen molar-refractivity contribution in [1.29, 1.82) is 0 Å². The summed E-state index contributed by atoms with van der Waals surface area (Å²) in [7, 11) is 0. The highest BCUT2D eigenvalue weighted by molar-refractivity contribution is 6.76. The molecule has 0 atom stereocenters. The summed E-state index contributed by atoms with van der Waals surface area (Å²) >= 11 is 0. The van der Waals surface area contributed by atoms with Crippen LogP contribution in [-0.2, 0) is 0 Å². The second kappa shape index (κ2) is 4.38. The first-order valence-electron chi connectivity index (χ1n) is 7.66. The summed E-state index contributed by atoms with van der Waals surface area (Å²) in [6, 6.07) is 17.7. The molecule has 2 heteroatoms. The lowest BCUT2D eigenvalue weighted by atomic mass is 9.58. The second-order valence-corrected chi connectivity index (χ2v) is 5.95. The third-order valence-electron chi connectivity index (χ3n) is 4.61. The van der Waals surface area contributed by atoms with E-state index in [1.807, 2.05) is 0 Å². The fourth-order valence-corrected chi connectivity index (χ4v) is 3.47. The van der Waals surface area contributed by atoms with Gasteiger partial charge in [-0.1, -0.05) is 54.4 Å². The molecule has 2 aliphatic heterocycles. The summed E-state index contributed by atoms with van der Waals surface area (Å²) in [6.45, 7) is 0.343. The Morgan fingerprint density at radius 1 is 0.818 bits per heavy atom. The Morgan fingerprint density at radius 2 is 1.68 bits per heavy atom. The summed E-state index contributed by atoms with van der Waals surface area (Å²) in [4.78, 5) is 2.27. The van der Waals surface area contributed by atoms with E-state index in [-0.39, 0.29) is 0 Å². The molecular formula is C20H14BN. The van der Waals surface area contributed by atoms with E-state index < -0.39 is 0 Å². The number of benzene rings is 3. The molecule has 0 bridgehead atoms. The van der Waals surface area contributed by atoms with Gasteiger partial charge in [0.05, 0.1) is 0 Å². The number of rotatable bonds is 0. The van der Waals surface area contributed by atoms with Crippen molar-refractivity contribution in [3.8, 4) is 0 Å². The molecule has 2 heterocycles. The van der Waals surface area contributed by atoms with Gasteiger partial charge in [0.2, 0.25) is 0 Å². The lowest BCUT2D eigenvalue weighted by Crippen LogP contribution is -2.42. The van der Waals surface area contributed by atoms with Crippen molar-refractivity contribution in [2.45, 2.75) is 0 Å². The molecule has 0 saturated heterocycles. The predicted molar refractivity (Wildman–Crippen MR) is 95.5 cm³/mol. The third kappa shape index (κ3) is 1.67. The fourth-order valence-electron chi connectivity index (χ4n) is 3.47. The first kappa shape index (κ1) is 11.9. The van der Waals surface area contributed by atoms with Crippen LogP contribution in [0.15, 0.2) is 72.9 Å². The van der Waals surface area contributed by atoms with Gasteiger partial charge < -0.3 is 4.81 Å². The van der Waals surface area contributed by atoms with Gasteiger partial charge in [-0.25, -0.2) is 0 Å². The molecule has 0 spiro atoms. The molecule has 22 heavy (non-hydrogen) atoms. The van der Waals surface area contributed by atoms with Crippen LogP contribution in [0.1, 0.15) is 0 Å². The van der Waals surface area contributed by atoms with Crippen LogP contribution in [0.25, 0.3) is 33.7 Å². The highest BCUT2D eigenvalue weighted by atomic mass is 15.0. The van der Waals surface area contributed by atoms with E-state index >= 15 is 0 Å². The Bertz CT molecular complexity index is 1090. The van der Waals surface area contributed by atoms with E-state index in [1.54, 1.807) is 0 Å². The van der Waals surface area contributed by atoms with E-state index in [2.05, 4.69) is 89.8 Å². The molecule has 0 fully saturated rings. The normalized spacial score (nSPS) is 15.5. The van der Waals surface area contributed by atoms with Gasteiger partial charge in [0.25, 0.3) is 0 Å². The molecule has 0 aromatic heterocycles. The largest absolute Gasteiger partial charge is 0.389 e. The van der Waals surface area contributed by atoms with Crippen molar-refractivity contribution in [2.75, 3.05) is 0 Å². The fraction of sp³-hybridized carbons (Fsp3) is 0. The minimum atomic E-state index is 0.343. The van der Waals surface area contributed by atoms with Crippen LogP contribution in [0.3, 0.4) is 0 Å². The Hall–Kier alpha value is -2.74. The maximum Gasteiger partial charge on any atom is 0.312 e. The zero-order valence-electron chi connectivity index (χ0n) is 12.1. The van der Waals surface area contributed by atoms with E-state index in [9.17, 15) is 0 Å². The van der Waals surface area contributed by atoms with Crippen LogP contribution in [0.4, 0.5) is 0 Å². The van der Waals surface area contributed by atoms with Crippen LogP contribution in [0, 0.1) is 0 Å².